The van der Waals surface area contributed by atoms with Gasteiger partial charge in [-0.3, -0.25) is 4.31 Å². The molecule has 0 saturated carbocycles. The molecule has 1 spiro atoms. The van der Waals surface area contributed by atoms with Crippen molar-refractivity contribution < 1.29 is 26.7 Å². The third kappa shape index (κ3) is 4.16. The van der Waals surface area contributed by atoms with Gasteiger partial charge in [0.05, 0.1) is 17.2 Å². The Balaban J connectivity index is 1.19. The van der Waals surface area contributed by atoms with Gasteiger partial charge in [0, 0.05) is 42.7 Å². The zero-order valence-corrected chi connectivity index (χ0v) is 21.4. The molecule has 38 heavy (non-hydrogen) atoms. The lowest BCUT2D eigenvalue weighted by Crippen LogP contribution is -2.48. The van der Waals surface area contributed by atoms with Gasteiger partial charge in [-0.2, -0.15) is 0 Å². The third-order valence-corrected chi connectivity index (χ3v) is 9.63. The highest BCUT2D eigenvalue weighted by Gasteiger charge is 2.48. The lowest BCUT2D eigenvalue weighted by atomic mass is 9.74. The van der Waals surface area contributed by atoms with Crippen molar-refractivity contribution in [3.63, 3.8) is 0 Å². The van der Waals surface area contributed by atoms with Crippen LogP contribution in [0.25, 0.3) is 0 Å². The van der Waals surface area contributed by atoms with Gasteiger partial charge in [0.1, 0.15) is 5.75 Å². The van der Waals surface area contributed by atoms with Gasteiger partial charge >= 0.3 is 6.03 Å². The summed E-state index contributed by atoms with van der Waals surface area (Å²) in [6, 6.07) is 17.7. The van der Waals surface area contributed by atoms with E-state index in [1.54, 1.807) is 17.0 Å². The zero-order valence-electron chi connectivity index (χ0n) is 20.6. The number of alkyl halides is 2. The molecule has 7 nitrogen and oxygen atoms in total. The molecule has 1 saturated heterocycles. The first kappa shape index (κ1) is 24.7. The van der Waals surface area contributed by atoms with E-state index < -0.39 is 21.9 Å². The second kappa shape index (κ2) is 9.27. The molecule has 2 amide bonds. The summed E-state index contributed by atoms with van der Waals surface area (Å²) in [6.45, 7) is 1.85. The van der Waals surface area contributed by atoms with Crippen LogP contribution >= 0.6 is 0 Å². The van der Waals surface area contributed by atoms with Gasteiger partial charge < -0.3 is 15.0 Å². The van der Waals surface area contributed by atoms with Crippen LogP contribution in [-0.2, 0) is 21.9 Å². The minimum absolute atomic E-state index is 0.0229. The van der Waals surface area contributed by atoms with Crippen LogP contribution in [0.1, 0.15) is 36.0 Å². The molecular weight excluding hydrogens is 512 g/mol. The first-order valence-electron chi connectivity index (χ1n) is 12.6. The van der Waals surface area contributed by atoms with Gasteiger partial charge in [-0.05, 0) is 60.4 Å². The van der Waals surface area contributed by atoms with E-state index in [-0.39, 0.29) is 23.0 Å². The van der Waals surface area contributed by atoms with Crippen LogP contribution in [0.4, 0.5) is 25.0 Å². The molecule has 3 aliphatic heterocycles. The fourth-order valence-electron chi connectivity index (χ4n) is 5.74. The van der Waals surface area contributed by atoms with Crippen molar-refractivity contribution in [1.29, 1.82) is 0 Å². The van der Waals surface area contributed by atoms with Crippen LogP contribution in [-0.4, -0.2) is 45.6 Å². The second-order valence-corrected chi connectivity index (χ2v) is 11.9. The number of rotatable bonds is 4. The Kier molecular flexibility index (Phi) is 6.02. The van der Waals surface area contributed by atoms with Crippen molar-refractivity contribution in [2.24, 2.45) is 0 Å². The van der Waals surface area contributed by atoms with Crippen LogP contribution in [0.15, 0.2) is 71.6 Å². The maximum absolute atomic E-state index is 13.6. The number of anilines is 2. The Labute approximate surface area is 220 Å². The molecule has 1 fully saturated rings. The van der Waals surface area contributed by atoms with Gasteiger partial charge in [-0.25, -0.2) is 22.0 Å². The van der Waals surface area contributed by atoms with Crippen molar-refractivity contribution in [3.8, 4) is 5.75 Å². The Morgan fingerprint density at radius 3 is 2.47 bits per heavy atom. The molecule has 1 N–H and O–H groups in total. The molecule has 0 aliphatic carbocycles. The topological polar surface area (TPSA) is 79.0 Å². The summed E-state index contributed by atoms with van der Waals surface area (Å²) in [4.78, 5) is 14.8. The molecule has 3 aromatic carbocycles. The van der Waals surface area contributed by atoms with Crippen molar-refractivity contribution in [2.75, 3.05) is 35.9 Å². The van der Waals surface area contributed by atoms with Gasteiger partial charge in [-0.15, -0.1) is 0 Å². The zero-order chi connectivity index (χ0) is 26.5. The van der Waals surface area contributed by atoms with E-state index in [0.29, 0.717) is 38.2 Å². The van der Waals surface area contributed by atoms with Gasteiger partial charge in [0.15, 0.2) is 0 Å². The number of amides is 2. The molecule has 0 bridgehead atoms. The Hall–Kier alpha value is -3.66. The number of urea groups is 1. The van der Waals surface area contributed by atoms with E-state index in [4.69, 9.17) is 4.74 Å². The van der Waals surface area contributed by atoms with Crippen LogP contribution in [0.3, 0.4) is 0 Å². The summed E-state index contributed by atoms with van der Waals surface area (Å²) in [5.41, 5.74) is 2.68. The normalized spacial score (nSPS) is 17.9. The third-order valence-electron chi connectivity index (χ3n) is 7.86. The lowest BCUT2D eigenvalue weighted by Gasteiger charge is -2.39. The summed E-state index contributed by atoms with van der Waals surface area (Å²) in [7, 11) is -3.96. The number of likely N-dealkylation sites (tertiary alicyclic amines) is 1. The predicted molar refractivity (Wildman–Crippen MR) is 140 cm³/mol. The Morgan fingerprint density at radius 2 is 1.74 bits per heavy atom. The molecular formula is C28H27F2N3O4S. The highest BCUT2D eigenvalue weighted by Crippen LogP contribution is 2.48. The highest BCUT2D eigenvalue weighted by atomic mass is 32.2. The van der Waals surface area contributed by atoms with E-state index in [2.05, 4.69) is 5.32 Å². The number of ether oxygens (including phenoxy) is 1. The average Bonchev–Trinajstić information content (AvgIpc) is 3.52. The lowest BCUT2D eigenvalue weighted by molar-refractivity contribution is 0.151. The minimum atomic E-state index is -3.96. The number of halogens is 2. The second-order valence-electron chi connectivity index (χ2n) is 10.0. The number of carbonyl (C=O) groups excluding carboxylic acids is 1. The minimum Gasteiger partial charge on any atom is -0.493 e. The molecule has 0 atom stereocenters. The predicted octanol–water partition coefficient (Wildman–Crippen LogP) is 5.33. The number of hydrogen-bond donors (Lipinski definition) is 1. The first-order chi connectivity index (χ1) is 18.3. The maximum atomic E-state index is 13.6. The molecule has 0 radical (unpaired) electrons. The number of piperidine rings is 1. The van der Waals surface area contributed by atoms with E-state index in [1.165, 1.54) is 16.4 Å². The van der Waals surface area contributed by atoms with Gasteiger partial charge in [0.2, 0.25) is 0 Å². The number of fused-ring (bicyclic) bond motifs is 3. The smallest absolute Gasteiger partial charge is 0.321 e. The first-order valence-corrected chi connectivity index (χ1v) is 14.0. The fraction of sp³-hybridized carbons (Fsp3) is 0.321. The average molecular weight is 540 g/mol. The van der Waals surface area contributed by atoms with Crippen LogP contribution in [0.5, 0.6) is 5.75 Å². The monoisotopic (exact) mass is 539 g/mol. The fourth-order valence-corrected chi connectivity index (χ4v) is 7.31. The quantitative estimate of drug-likeness (QED) is 0.486. The van der Waals surface area contributed by atoms with Crippen LogP contribution < -0.4 is 14.4 Å². The van der Waals surface area contributed by atoms with E-state index in [0.717, 1.165) is 41.1 Å². The van der Waals surface area contributed by atoms with Crippen molar-refractivity contribution >= 4 is 27.4 Å². The van der Waals surface area contributed by atoms with Crippen LogP contribution in [0.2, 0.25) is 0 Å². The number of carbonyl (C=O) groups is 1. The number of benzene rings is 3. The standard InChI is InChI=1S/C28H27F2N3O4S/c29-26(30)19-5-8-22(9-6-19)38(35,36)33-18-28(23-3-1-2-4-24(23)33)12-14-32(15-13-28)27(34)31-21-7-10-25-20(17-21)11-16-37-25/h1-10,17,26H,11-16,18H2,(H,31,34). The number of nitrogens with zero attached hydrogens (tertiary/aromatic N) is 2. The summed E-state index contributed by atoms with van der Waals surface area (Å²) < 4.78 is 60.2. The summed E-state index contributed by atoms with van der Waals surface area (Å²) in [5.74, 6) is 0.854. The summed E-state index contributed by atoms with van der Waals surface area (Å²) in [5, 5.41) is 2.98. The van der Waals surface area contributed by atoms with Gasteiger partial charge in [-0.1, -0.05) is 30.3 Å². The number of para-hydroxylation sites is 1. The van der Waals surface area contributed by atoms with Crippen LogP contribution in [0, 0.1) is 0 Å². The SMILES string of the molecule is O=C(Nc1ccc2c(c1)CCO2)N1CCC2(CC1)CN(S(=O)(=O)c1ccc(C(F)F)cc1)c1ccccc12. The number of nitrogens with one attached hydrogen (secondary N) is 1. The molecule has 3 aromatic rings. The van der Waals surface area contributed by atoms with Crippen molar-refractivity contribution in [2.45, 2.75) is 36.0 Å². The summed E-state index contributed by atoms with van der Waals surface area (Å²) >= 11 is 0. The number of hydrogen-bond acceptors (Lipinski definition) is 4. The molecule has 0 unspecified atom stereocenters. The van der Waals surface area contributed by atoms with E-state index in [9.17, 15) is 22.0 Å². The molecule has 3 aliphatic rings. The Morgan fingerprint density at radius 1 is 1.00 bits per heavy atom. The molecule has 10 heteroatoms. The Bertz CT molecular complexity index is 1490. The number of sulfonamides is 1. The molecule has 6 rings (SSSR count). The maximum Gasteiger partial charge on any atom is 0.321 e. The van der Waals surface area contributed by atoms with Gasteiger partial charge in [0.25, 0.3) is 16.4 Å². The molecule has 3 heterocycles. The van der Waals surface area contributed by atoms with Crippen molar-refractivity contribution in [3.05, 3.63) is 83.4 Å². The highest BCUT2D eigenvalue weighted by molar-refractivity contribution is 7.92. The molecule has 198 valence electrons. The summed E-state index contributed by atoms with van der Waals surface area (Å²) in [6.07, 6.45) is -0.639. The van der Waals surface area contributed by atoms with E-state index >= 15 is 0 Å². The molecule has 0 aromatic heterocycles. The largest absolute Gasteiger partial charge is 0.493 e. The van der Waals surface area contributed by atoms with Crippen molar-refractivity contribution in [1.82, 2.24) is 4.90 Å². The van der Waals surface area contributed by atoms with E-state index in [1.807, 2.05) is 30.3 Å².